The quantitative estimate of drug-likeness (QED) is 0.780. The first kappa shape index (κ1) is 22.0. The second-order valence-electron chi connectivity index (χ2n) is 8.33. The summed E-state index contributed by atoms with van der Waals surface area (Å²) in [4.78, 5) is 39.4. The van der Waals surface area contributed by atoms with Crippen LogP contribution in [-0.2, 0) is 11.0 Å². The fraction of sp³-hybridized carbons (Fsp3) is 0.455. The van der Waals surface area contributed by atoms with E-state index in [1.807, 2.05) is 0 Å². The average molecular weight is 448 g/mol. The summed E-state index contributed by atoms with van der Waals surface area (Å²) in [6.07, 6.45) is -1.35. The first-order valence-corrected chi connectivity index (χ1v) is 10.5. The van der Waals surface area contributed by atoms with Gasteiger partial charge in [0.05, 0.1) is 17.2 Å². The van der Waals surface area contributed by atoms with E-state index in [1.165, 1.54) is 30.0 Å². The molecule has 0 radical (unpaired) electrons. The molecule has 1 aliphatic carbocycles. The van der Waals surface area contributed by atoms with Gasteiger partial charge in [-0.25, -0.2) is 4.68 Å². The van der Waals surface area contributed by atoms with E-state index in [9.17, 15) is 27.6 Å². The van der Waals surface area contributed by atoms with Crippen molar-refractivity contribution < 1.29 is 22.8 Å². The number of amides is 2. The predicted molar refractivity (Wildman–Crippen MR) is 109 cm³/mol. The molecule has 170 valence electrons. The molecule has 1 unspecified atom stereocenters. The largest absolute Gasteiger partial charge is 0.416 e. The van der Waals surface area contributed by atoms with Gasteiger partial charge in [0.1, 0.15) is 0 Å². The summed E-state index contributed by atoms with van der Waals surface area (Å²) in [5, 5.41) is 7.05. The molecule has 1 saturated heterocycles. The Bertz CT molecular complexity index is 1110. The topological polar surface area (TPSA) is 84.3 Å². The Morgan fingerprint density at radius 3 is 2.59 bits per heavy atom. The lowest BCUT2D eigenvalue weighted by molar-refractivity contribution is -0.137. The SMILES string of the molecule is Cc1cc(=O)c(C(=O)N2CCCC(C(=O)NC3CC3)C2)nn1-c1cccc(C(F)(F)F)c1. The highest BCUT2D eigenvalue weighted by atomic mass is 19.4. The molecular weight excluding hydrogens is 425 g/mol. The van der Waals surface area contributed by atoms with Gasteiger partial charge in [-0.1, -0.05) is 6.07 Å². The van der Waals surface area contributed by atoms with Gasteiger partial charge in [-0.2, -0.15) is 18.3 Å². The third-order valence-corrected chi connectivity index (χ3v) is 5.73. The van der Waals surface area contributed by atoms with Gasteiger partial charge in [0.25, 0.3) is 5.91 Å². The number of alkyl halides is 3. The molecule has 1 aliphatic heterocycles. The number of benzene rings is 1. The van der Waals surface area contributed by atoms with Crippen molar-refractivity contribution in [1.82, 2.24) is 20.0 Å². The van der Waals surface area contributed by atoms with Crippen molar-refractivity contribution in [3.8, 4) is 5.69 Å². The lowest BCUT2D eigenvalue weighted by Gasteiger charge is -2.31. The number of halogens is 3. The maximum Gasteiger partial charge on any atom is 0.416 e. The number of piperidine rings is 1. The van der Waals surface area contributed by atoms with Crippen molar-refractivity contribution >= 4 is 11.8 Å². The minimum Gasteiger partial charge on any atom is -0.353 e. The summed E-state index contributed by atoms with van der Waals surface area (Å²) in [6, 6.07) is 5.92. The molecule has 0 spiro atoms. The number of hydrogen-bond donors (Lipinski definition) is 1. The minimum atomic E-state index is -4.54. The molecule has 4 rings (SSSR count). The van der Waals surface area contributed by atoms with Gasteiger partial charge in [0, 0.05) is 30.9 Å². The molecule has 1 saturated carbocycles. The number of aryl methyl sites for hydroxylation is 1. The third kappa shape index (κ3) is 4.68. The van der Waals surface area contributed by atoms with E-state index < -0.39 is 23.1 Å². The number of likely N-dealkylation sites (tertiary alicyclic amines) is 1. The highest BCUT2D eigenvalue weighted by Crippen LogP contribution is 2.30. The highest BCUT2D eigenvalue weighted by molar-refractivity contribution is 5.92. The summed E-state index contributed by atoms with van der Waals surface area (Å²) < 4.78 is 40.5. The smallest absolute Gasteiger partial charge is 0.353 e. The van der Waals surface area contributed by atoms with Gasteiger partial charge in [-0.15, -0.1) is 0 Å². The van der Waals surface area contributed by atoms with E-state index in [0.717, 1.165) is 29.7 Å². The van der Waals surface area contributed by atoms with Crippen molar-refractivity contribution in [3.05, 3.63) is 57.5 Å². The second-order valence-corrected chi connectivity index (χ2v) is 8.33. The van der Waals surface area contributed by atoms with Crippen molar-refractivity contribution in [3.63, 3.8) is 0 Å². The molecule has 2 fully saturated rings. The van der Waals surface area contributed by atoms with Crippen LogP contribution in [0.1, 0.15) is 47.4 Å². The molecule has 1 aromatic heterocycles. The van der Waals surface area contributed by atoms with E-state index in [-0.39, 0.29) is 35.8 Å². The zero-order valence-electron chi connectivity index (χ0n) is 17.5. The molecule has 1 N–H and O–H groups in total. The molecule has 32 heavy (non-hydrogen) atoms. The molecule has 1 aromatic carbocycles. The first-order valence-electron chi connectivity index (χ1n) is 10.5. The van der Waals surface area contributed by atoms with Crippen LogP contribution in [0.5, 0.6) is 0 Å². The van der Waals surface area contributed by atoms with E-state index in [1.54, 1.807) is 0 Å². The van der Waals surface area contributed by atoms with Crippen molar-refractivity contribution in [2.24, 2.45) is 5.92 Å². The van der Waals surface area contributed by atoms with Crippen LogP contribution in [0.15, 0.2) is 35.1 Å². The van der Waals surface area contributed by atoms with Gasteiger partial charge in [-0.3, -0.25) is 14.4 Å². The summed E-state index contributed by atoms with van der Waals surface area (Å²) in [5.74, 6) is -1.08. The van der Waals surface area contributed by atoms with Crippen LogP contribution < -0.4 is 10.7 Å². The monoisotopic (exact) mass is 448 g/mol. The lowest BCUT2D eigenvalue weighted by Crippen LogP contribution is -2.47. The maximum absolute atomic E-state index is 13.1. The van der Waals surface area contributed by atoms with Crippen LogP contribution in [-0.4, -0.2) is 45.6 Å². The third-order valence-electron chi connectivity index (χ3n) is 5.73. The van der Waals surface area contributed by atoms with Gasteiger partial charge in [-0.05, 0) is 50.8 Å². The molecule has 2 aromatic rings. The van der Waals surface area contributed by atoms with Crippen LogP contribution in [0, 0.1) is 12.8 Å². The Hall–Kier alpha value is -3.17. The molecular formula is C22H23F3N4O3. The van der Waals surface area contributed by atoms with Crippen LogP contribution in [0.4, 0.5) is 13.2 Å². The van der Waals surface area contributed by atoms with E-state index in [0.29, 0.717) is 25.1 Å². The van der Waals surface area contributed by atoms with Crippen molar-refractivity contribution in [2.75, 3.05) is 13.1 Å². The maximum atomic E-state index is 13.1. The summed E-state index contributed by atoms with van der Waals surface area (Å²) >= 11 is 0. The number of carbonyl (C=O) groups excluding carboxylic acids is 2. The number of rotatable bonds is 4. The van der Waals surface area contributed by atoms with E-state index in [4.69, 9.17) is 0 Å². The summed E-state index contributed by atoms with van der Waals surface area (Å²) in [5.41, 5.74) is -1.46. The Kier molecular flexibility index (Phi) is 5.79. The number of aromatic nitrogens is 2. The van der Waals surface area contributed by atoms with Crippen LogP contribution >= 0.6 is 0 Å². The summed E-state index contributed by atoms with van der Waals surface area (Å²) in [6.45, 7) is 2.09. The van der Waals surface area contributed by atoms with E-state index in [2.05, 4.69) is 10.4 Å². The van der Waals surface area contributed by atoms with Gasteiger partial charge < -0.3 is 10.2 Å². The van der Waals surface area contributed by atoms with E-state index >= 15 is 0 Å². The number of nitrogens with one attached hydrogen (secondary N) is 1. The summed E-state index contributed by atoms with van der Waals surface area (Å²) in [7, 11) is 0. The van der Waals surface area contributed by atoms with Crippen molar-refractivity contribution in [2.45, 2.75) is 44.8 Å². The molecule has 0 bridgehead atoms. The molecule has 2 heterocycles. The standard InChI is InChI=1S/C22H23F3N4O3/c1-13-10-18(30)19(27-29(13)17-6-2-5-15(11-17)22(23,24)25)21(32)28-9-3-4-14(12-28)20(31)26-16-7-8-16/h2,5-6,10-11,14,16H,3-4,7-9,12H2,1H3,(H,26,31). The molecule has 10 heteroatoms. The Morgan fingerprint density at radius 1 is 1.16 bits per heavy atom. The zero-order chi connectivity index (χ0) is 23.0. The normalized spacial score (nSPS) is 19.0. The Morgan fingerprint density at radius 2 is 1.91 bits per heavy atom. The van der Waals surface area contributed by atoms with Crippen LogP contribution in [0.25, 0.3) is 5.69 Å². The number of nitrogens with zero attached hydrogens (tertiary/aromatic N) is 3. The molecule has 7 nitrogen and oxygen atoms in total. The van der Waals surface area contributed by atoms with Crippen LogP contribution in [0.2, 0.25) is 0 Å². The molecule has 1 atom stereocenters. The molecule has 2 amide bonds. The van der Waals surface area contributed by atoms with Gasteiger partial charge in [0.15, 0.2) is 5.69 Å². The van der Waals surface area contributed by atoms with Gasteiger partial charge in [0.2, 0.25) is 11.3 Å². The number of hydrogen-bond acceptors (Lipinski definition) is 4. The first-order chi connectivity index (χ1) is 15.1. The Balaban J connectivity index is 1.60. The fourth-order valence-corrected chi connectivity index (χ4v) is 3.84. The Labute approximate surface area is 182 Å². The average Bonchev–Trinajstić information content (AvgIpc) is 3.57. The van der Waals surface area contributed by atoms with Gasteiger partial charge >= 0.3 is 6.18 Å². The number of carbonyl (C=O) groups is 2. The lowest BCUT2D eigenvalue weighted by atomic mass is 9.96. The second kappa shape index (κ2) is 8.40. The fourth-order valence-electron chi connectivity index (χ4n) is 3.84. The highest BCUT2D eigenvalue weighted by Gasteiger charge is 2.34. The predicted octanol–water partition coefficient (Wildman–Crippen LogP) is 2.69. The molecule has 2 aliphatic rings. The van der Waals surface area contributed by atoms with Crippen molar-refractivity contribution in [1.29, 1.82) is 0 Å². The van der Waals surface area contributed by atoms with Crippen LogP contribution in [0.3, 0.4) is 0 Å². The minimum absolute atomic E-state index is 0.0895. The zero-order valence-corrected chi connectivity index (χ0v) is 17.5.